The lowest BCUT2D eigenvalue weighted by molar-refractivity contribution is 0.391. The molecule has 1 heterocycles. The van der Waals surface area contributed by atoms with Crippen molar-refractivity contribution in [1.29, 1.82) is 5.26 Å². The first-order valence-electron chi connectivity index (χ1n) is 8.75. The van der Waals surface area contributed by atoms with Crippen molar-refractivity contribution in [2.75, 3.05) is 0 Å². The number of nitrogens with zero attached hydrogens (tertiary/aromatic N) is 2. The van der Waals surface area contributed by atoms with E-state index in [4.69, 9.17) is 5.26 Å². The standard InChI is InChI=1S/C21H24N2/c1-2-3-16-4-7-18(8-5-16)19-9-11-20(12-10-19)21-13-6-17(14-22)15-23-21/h4-8,13,15,19-20H,2-3,9-12H2,1H3. The number of pyridine rings is 1. The zero-order valence-corrected chi connectivity index (χ0v) is 13.8. The molecule has 0 aliphatic heterocycles. The van der Waals surface area contributed by atoms with Crippen LogP contribution in [0.2, 0.25) is 0 Å². The molecule has 2 nitrogen and oxygen atoms in total. The van der Waals surface area contributed by atoms with Crippen molar-refractivity contribution < 1.29 is 0 Å². The van der Waals surface area contributed by atoms with Crippen molar-refractivity contribution in [3.8, 4) is 6.07 Å². The molecule has 0 spiro atoms. The van der Waals surface area contributed by atoms with Crippen LogP contribution in [0.3, 0.4) is 0 Å². The zero-order chi connectivity index (χ0) is 16.1. The van der Waals surface area contributed by atoms with Crippen molar-refractivity contribution in [1.82, 2.24) is 4.98 Å². The van der Waals surface area contributed by atoms with Crippen molar-refractivity contribution in [3.63, 3.8) is 0 Å². The molecule has 3 rings (SSSR count). The fourth-order valence-corrected chi connectivity index (χ4v) is 3.68. The maximum Gasteiger partial charge on any atom is 0.101 e. The number of hydrogen-bond acceptors (Lipinski definition) is 2. The van der Waals surface area contributed by atoms with Gasteiger partial charge in [0.15, 0.2) is 0 Å². The Labute approximate surface area is 139 Å². The summed E-state index contributed by atoms with van der Waals surface area (Å²) in [5, 5.41) is 8.86. The third-order valence-corrected chi connectivity index (χ3v) is 5.05. The minimum absolute atomic E-state index is 0.554. The number of nitriles is 1. The topological polar surface area (TPSA) is 36.7 Å². The van der Waals surface area contributed by atoms with Crippen molar-refractivity contribution in [2.24, 2.45) is 0 Å². The van der Waals surface area contributed by atoms with Crippen LogP contribution in [-0.2, 0) is 6.42 Å². The van der Waals surface area contributed by atoms with E-state index in [2.05, 4.69) is 42.2 Å². The number of benzene rings is 1. The first kappa shape index (κ1) is 15.7. The highest BCUT2D eigenvalue weighted by Gasteiger charge is 2.24. The van der Waals surface area contributed by atoms with Crippen LogP contribution in [0.1, 0.15) is 73.2 Å². The molecule has 0 N–H and O–H groups in total. The molecule has 23 heavy (non-hydrogen) atoms. The fraction of sp³-hybridized carbons (Fsp3) is 0.429. The van der Waals surface area contributed by atoms with Gasteiger partial charge >= 0.3 is 0 Å². The van der Waals surface area contributed by atoms with Gasteiger partial charge in [-0.1, -0.05) is 37.6 Å². The predicted molar refractivity (Wildman–Crippen MR) is 93.3 cm³/mol. The minimum Gasteiger partial charge on any atom is -0.260 e. The molecule has 1 fully saturated rings. The number of rotatable bonds is 4. The molecule has 2 aromatic rings. The Morgan fingerprint density at radius 1 is 1.00 bits per heavy atom. The normalized spacial score (nSPS) is 20.9. The fourth-order valence-electron chi connectivity index (χ4n) is 3.68. The van der Waals surface area contributed by atoms with Gasteiger partial charge in [-0.25, -0.2) is 0 Å². The molecule has 1 aromatic heterocycles. The molecule has 2 heteroatoms. The predicted octanol–water partition coefficient (Wildman–Crippen LogP) is 5.35. The highest BCUT2D eigenvalue weighted by Crippen LogP contribution is 2.39. The lowest BCUT2D eigenvalue weighted by Crippen LogP contribution is -2.13. The summed E-state index contributed by atoms with van der Waals surface area (Å²) in [7, 11) is 0. The van der Waals surface area contributed by atoms with E-state index in [1.807, 2.05) is 12.1 Å². The summed E-state index contributed by atoms with van der Waals surface area (Å²) >= 11 is 0. The summed E-state index contributed by atoms with van der Waals surface area (Å²) in [5.74, 6) is 1.25. The van der Waals surface area contributed by atoms with Gasteiger partial charge < -0.3 is 0 Å². The molecular weight excluding hydrogens is 280 g/mol. The van der Waals surface area contributed by atoms with E-state index in [0.717, 1.165) is 5.69 Å². The third-order valence-electron chi connectivity index (χ3n) is 5.05. The minimum atomic E-state index is 0.554. The van der Waals surface area contributed by atoms with Crippen molar-refractivity contribution in [2.45, 2.75) is 57.3 Å². The quantitative estimate of drug-likeness (QED) is 0.763. The van der Waals surface area contributed by atoms with E-state index in [9.17, 15) is 0 Å². The molecule has 0 radical (unpaired) electrons. The van der Waals surface area contributed by atoms with Crippen LogP contribution < -0.4 is 0 Å². The van der Waals surface area contributed by atoms with E-state index < -0.39 is 0 Å². The third kappa shape index (κ3) is 3.79. The molecule has 0 bridgehead atoms. The average molecular weight is 304 g/mol. The molecule has 1 aromatic carbocycles. The van der Waals surface area contributed by atoms with Crippen LogP contribution in [-0.4, -0.2) is 4.98 Å². The summed E-state index contributed by atoms with van der Waals surface area (Å²) in [6, 6.07) is 15.3. The monoisotopic (exact) mass is 304 g/mol. The summed E-state index contributed by atoms with van der Waals surface area (Å²) < 4.78 is 0. The summed E-state index contributed by atoms with van der Waals surface area (Å²) in [5.41, 5.74) is 4.75. The molecule has 0 saturated heterocycles. The van der Waals surface area contributed by atoms with E-state index in [1.165, 1.54) is 49.7 Å². The van der Waals surface area contributed by atoms with Gasteiger partial charge in [-0.15, -0.1) is 0 Å². The molecule has 0 unspecified atom stereocenters. The molecule has 0 amide bonds. The Balaban J connectivity index is 1.60. The largest absolute Gasteiger partial charge is 0.260 e. The second-order valence-electron chi connectivity index (χ2n) is 6.62. The Kier molecular flexibility index (Phi) is 5.08. The first-order valence-corrected chi connectivity index (χ1v) is 8.75. The highest BCUT2D eigenvalue weighted by molar-refractivity contribution is 5.29. The molecule has 0 atom stereocenters. The molecular formula is C21H24N2. The van der Waals surface area contributed by atoms with Gasteiger partial charge in [0.25, 0.3) is 0 Å². The van der Waals surface area contributed by atoms with Crippen LogP contribution in [0, 0.1) is 11.3 Å². The van der Waals surface area contributed by atoms with Gasteiger partial charge in [0, 0.05) is 17.8 Å². The maximum atomic E-state index is 8.86. The lowest BCUT2D eigenvalue weighted by Gasteiger charge is -2.28. The Morgan fingerprint density at radius 3 is 2.26 bits per heavy atom. The second-order valence-corrected chi connectivity index (χ2v) is 6.62. The maximum absolute atomic E-state index is 8.86. The van der Waals surface area contributed by atoms with Crippen molar-refractivity contribution >= 4 is 0 Å². The second kappa shape index (κ2) is 7.42. The van der Waals surface area contributed by atoms with E-state index >= 15 is 0 Å². The smallest absolute Gasteiger partial charge is 0.101 e. The molecule has 1 saturated carbocycles. The van der Waals surface area contributed by atoms with E-state index in [0.29, 0.717) is 17.4 Å². The van der Waals surface area contributed by atoms with Crippen LogP contribution in [0.15, 0.2) is 42.6 Å². The van der Waals surface area contributed by atoms with Crippen LogP contribution >= 0.6 is 0 Å². The SMILES string of the molecule is CCCc1ccc(C2CCC(c3ccc(C#N)cn3)CC2)cc1. The highest BCUT2D eigenvalue weighted by atomic mass is 14.7. The first-order chi connectivity index (χ1) is 11.3. The zero-order valence-electron chi connectivity index (χ0n) is 13.8. The van der Waals surface area contributed by atoms with Crippen LogP contribution in [0.4, 0.5) is 0 Å². The number of hydrogen-bond donors (Lipinski definition) is 0. The van der Waals surface area contributed by atoms with Gasteiger partial charge in [0.1, 0.15) is 6.07 Å². The van der Waals surface area contributed by atoms with Crippen LogP contribution in [0.25, 0.3) is 0 Å². The van der Waals surface area contributed by atoms with E-state index in [-0.39, 0.29) is 0 Å². The van der Waals surface area contributed by atoms with Gasteiger partial charge in [0.2, 0.25) is 0 Å². The summed E-state index contributed by atoms with van der Waals surface area (Å²) in [4.78, 5) is 4.48. The van der Waals surface area contributed by atoms with Gasteiger partial charge in [-0.3, -0.25) is 4.98 Å². The average Bonchev–Trinajstić information content (AvgIpc) is 2.63. The van der Waals surface area contributed by atoms with Gasteiger partial charge in [-0.2, -0.15) is 5.26 Å². The van der Waals surface area contributed by atoms with E-state index in [1.54, 1.807) is 6.20 Å². The Hall–Kier alpha value is -2.14. The molecule has 1 aliphatic rings. The van der Waals surface area contributed by atoms with Gasteiger partial charge in [-0.05, 0) is 61.3 Å². The molecule has 118 valence electrons. The van der Waals surface area contributed by atoms with Crippen LogP contribution in [0.5, 0.6) is 0 Å². The molecule has 1 aliphatic carbocycles. The number of aryl methyl sites for hydroxylation is 1. The Morgan fingerprint density at radius 2 is 1.70 bits per heavy atom. The Bertz CT molecular complexity index is 656. The van der Waals surface area contributed by atoms with Crippen molar-refractivity contribution in [3.05, 3.63) is 65.0 Å². The van der Waals surface area contributed by atoms with Gasteiger partial charge in [0.05, 0.1) is 5.56 Å². The number of aromatic nitrogens is 1. The summed E-state index contributed by atoms with van der Waals surface area (Å²) in [6.07, 6.45) is 8.95. The summed E-state index contributed by atoms with van der Waals surface area (Å²) in [6.45, 7) is 2.23. The lowest BCUT2D eigenvalue weighted by atomic mass is 9.77.